The van der Waals surface area contributed by atoms with Gasteiger partial charge in [-0.25, -0.2) is 9.55 Å². The van der Waals surface area contributed by atoms with Gasteiger partial charge >= 0.3 is 0 Å². The summed E-state index contributed by atoms with van der Waals surface area (Å²) in [7, 11) is 0. The highest BCUT2D eigenvalue weighted by atomic mass is 127. The van der Waals surface area contributed by atoms with Crippen molar-refractivity contribution in [1.29, 1.82) is 0 Å². The third kappa shape index (κ3) is 3.68. The minimum atomic E-state index is 0. The summed E-state index contributed by atoms with van der Waals surface area (Å²) in [5.41, 5.74) is 3.39. The molecule has 0 spiro atoms. The SMILES string of the molecule is CC(C)[n+]1ccc(-c2nc(-c3ccccc3)cs2)cc1.[I-]. The zero-order valence-electron chi connectivity index (χ0n) is 12.0. The third-order valence-electron chi connectivity index (χ3n) is 3.27. The molecule has 0 bridgehead atoms. The van der Waals surface area contributed by atoms with E-state index >= 15 is 0 Å². The molecule has 21 heavy (non-hydrogen) atoms. The van der Waals surface area contributed by atoms with E-state index in [1.165, 1.54) is 11.1 Å². The number of halogens is 1. The number of pyridine rings is 1. The molecule has 0 aliphatic carbocycles. The molecule has 0 atom stereocenters. The first-order chi connectivity index (χ1) is 9.74. The number of hydrogen-bond donors (Lipinski definition) is 0. The molecule has 3 rings (SSSR count). The molecule has 0 radical (unpaired) electrons. The summed E-state index contributed by atoms with van der Waals surface area (Å²) < 4.78 is 2.19. The fraction of sp³-hybridized carbons (Fsp3) is 0.176. The van der Waals surface area contributed by atoms with Crippen molar-refractivity contribution in [2.24, 2.45) is 0 Å². The van der Waals surface area contributed by atoms with Crippen molar-refractivity contribution >= 4 is 11.3 Å². The Bertz CT molecular complexity index is 690. The van der Waals surface area contributed by atoms with Gasteiger partial charge in [-0.3, -0.25) is 0 Å². The zero-order chi connectivity index (χ0) is 13.9. The van der Waals surface area contributed by atoms with Crippen LogP contribution in [0.1, 0.15) is 19.9 Å². The largest absolute Gasteiger partial charge is 1.00 e. The number of nitrogens with zero attached hydrogens (tertiary/aromatic N) is 2. The van der Waals surface area contributed by atoms with E-state index < -0.39 is 0 Å². The smallest absolute Gasteiger partial charge is 0.169 e. The van der Waals surface area contributed by atoms with Crippen LogP contribution in [0, 0.1) is 0 Å². The van der Waals surface area contributed by atoms with Gasteiger partial charge in [-0.05, 0) is 13.8 Å². The molecule has 0 aliphatic heterocycles. The average Bonchev–Trinajstić information content (AvgIpc) is 2.98. The molecule has 1 aromatic carbocycles. The molecule has 4 heteroatoms. The van der Waals surface area contributed by atoms with Crippen LogP contribution >= 0.6 is 11.3 Å². The topological polar surface area (TPSA) is 16.8 Å². The Balaban J connectivity index is 0.00000161. The Kier molecular flexibility index (Phi) is 5.47. The molecule has 0 aliphatic rings. The van der Waals surface area contributed by atoms with Crippen LogP contribution in [0.3, 0.4) is 0 Å². The van der Waals surface area contributed by atoms with Crippen LogP contribution in [0.2, 0.25) is 0 Å². The van der Waals surface area contributed by atoms with Crippen LogP contribution < -0.4 is 28.5 Å². The normalized spacial score (nSPS) is 10.4. The lowest BCUT2D eigenvalue weighted by molar-refractivity contribution is -0.716. The van der Waals surface area contributed by atoms with Crippen LogP contribution in [0.5, 0.6) is 0 Å². The number of benzene rings is 1. The second-order valence-electron chi connectivity index (χ2n) is 5.03. The lowest BCUT2D eigenvalue weighted by Gasteiger charge is -2.00. The summed E-state index contributed by atoms with van der Waals surface area (Å²) in [6, 6.07) is 15.1. The first kappa shape index (κ1) is 16.1. The van der Waals surface area contributed by atoms with Gasteiger partial charge in [-0.2, -0.15) is 0 Å². The molecule has 0 N–H and O–H groups in total. The Hall–Kier alpha value is -1.27. The predicted octanol–water partition coefficient (Wildman–Crippen LogP) is 1.35. The summed E-state index contributed by atoms with van der Waals surface area (Å²) in [4.78, 5) is 4.73. The monoisotopic (exact) mass is 408 g/mol. The first-order valence-corrected chi connectivity index (χ1v) is 7.64. The number of thiazole rings is 1. The molecule has 0 fully saturated rings. The van der Waals surface area contributed by atoms with Gasteiger partial charge in [0, 0.05) is 28.6 Å². The number of hydrogen-bond acceptors (Lipinski definition) is 2. The second-order valence-corrected chi connectivity index (χ2v) is 5.89. The average molecular weight is 408 g/mol. The molecule has 3 aromatic rings. The van der Waals surface area contributed by atoms with Crippen LogP contribution in [0.25, 0.3) is 21.8 Å². The van der Waals surface area contributed by atoms with Crippen molar-refractivity contribution in [3.05, 3.63) is 60.2 Å². The van der Waals surface area contributed by atoms with Crippen LogP contribution in [-0.4, -0.2) is 4.98 Å². The van der Waals surface area contributed by atoms with Crippen LogP contribution in [0.4, 0.5) is 0 Å². The summed E-state index contributed by atoms with van der Waals surface area (Å²) in [5.74, 6) is 0. The van der Waals surface area contributed by atoms with Gasteiger partial charge in [-0.15, -0.1) is 11.3 Å². The van der Waals surface area contributed by atoms with E-state index in [-0.39, 0.29) is 24.0 Å². The van der Waals surface area contributed by atoms with Gasteiger partial charge in [-0.1, -0.05) is 30.3 Å². The quantitative estimate of drug-likeness (QED) is 0.473. The van der Waals surface area contributed by atoms with Gasteiger partial charge in [0.15, 0.2) is 18.4 Å². The molecular weight excluding hydrogens is 391 g/mol. The van der Waals surface area contributed by atoms with Gasteiger partial charge in [0.2, 0.25) is 0 Å². The van der Waals surface area contributed by atoms with E-state index in [0.29, 0.717) is 6.04 Å². The van der Waals surface area contributed by atoms with Crippen molar-refractivity contribution in [3.8, 4) is 21.8 Å². The Labute approximate surface area is 146 Å². The third-order valence-corrected chi connectivity index (χ3v) is 4.16. The second kappa shape index (κ2) is 7.13. The predicted molar refractivity (Wildman–Crippen MR) is 83.6 cm³/mol. The summed E-state index contributed by atoms with van der Waals surface area (Å²) in [6.07, 6.45) is 4.23. The standard InChI is InChI=1S/C17H17N2S.HI/c1-13(2)19-10-8-15(9-11-19)17-18-16(12-20-17)14-6-4-3-5-7-14;/h3-13H,1-2H3;1H/q+1;/p-1. The molecule has 2 aromatic heterocycles. The van der Waals surface area contributed by atoms with E-state index in [1.807, 2.05) is 18.2 Å². The molecule has 2 heterocycles. The number of aromatic nitrogens is 2. The van der Waals surface area contributed by atoms with Crippen molar-refractivity contribution < 1.29 is 28.5 Å². The molecular formula is C17H17IN2S. The Morgan fingerprint density at radius 1 is 0.952 bits per heavy atom. The zero-order valence-corrected chi connectivity index (χ0v) is 15.0. The fourth-order valence-corrected chi connectivity index (χ4v) is 2.91. The van der Waals surface area contributed by atoms with E-state index in [1.54, 1.807) is 11.3 Å². The maximum absolute atomic E-state index is 4.73. The van der Waals surface area contributed by atoms with Crippen molar-refractivity contribution in [1.82, 2.24) is 4.98 Å². The van der Waals surface area contributed by atoms with Crippen molar-refractivity contribution in [2.45, 2.75) is 19.9 Å². The van der Waals surface area contributed by atoms with Crippen LogP contribution in [0.15, 0.2) is 60.2 Å². The highest BCUT2D eigenvalue weighted by molar-refractivity contribution is 7.13. The lowest BCUT2D eigenvalue weighted by atomic mass is 10.2. The molecule has 0 unspecified atom stereocenters. The molecule has 0 saturated carbocycles. The summed E-state index contributed by atoms with van der Waals surface area (Å²) >= 11 is 1.69. The van der Waals surface area contributed by atoms with E-state index in [9.17, 15) is 0 Å². The van der Waals surface area contributed by atoms with Gasteiger partial charge < -0.3 is 24.0 Å². The summed E-state index contributed by atoms with van der Waals surface area (Å²) in [5, 5.41) is 3.19. The van der Waals surface area contributed by atoms with Crippen molar-refractivity contribution in [2.75, 3.05) is 0 Å². The Morgan fingerprint density at radius 3 is 2.24 bits per heavy atom. The molecule has 2 nitrogen and oxygen atoms in total. The maximum Gasteiger partial charge on any atom is 0.169 e. The van der Waals surface area contributed by atoms with E-state index in [0.717, 1.165) is 10.7 Å². The van der Waals surface area contributed by atoms with Gasteiger partial charge in [0.05, 0.1) is 5.69 Å². The first-order valence-electron chi connectivity index (χ1n) is 6.76. The van der Waals surface area contributed by atoms with Gasteiger partial charge in [0.25, 0.3) is 0 Å². The van der Waals surface area contributed by atoms with Crippen molar-refractivity contribution in [3.63, 3.8) is 0 Å². The lowest BCUT2D eigenvalue weighted by Crippen LogP contribution is -3.00. The van der Waals surface area contributed by atoms with E-state index in [2.05, 4.69) is 60.5 Å². The molecule has 0 saturated heterocycles. The highest BCUT2D eigenvalue weighted by Gasteiger charge is 2.09. The minimum absolute atomic E-state index is 0. The highest BCUT2D eigenvalue weighted by Crippen LogP contribution is 2.28. The fourth-order valence-electron chi connectivity index (χ4n) is 2.07. The molecule has 108 valence electrons. The summed E-state index contributed by atoms with van der Waals surface area (Å²) in [6.45, 7) is 4.35. The van der Waals surface area contributed by atoms with E-state index in [4.69, 9.17) is 4.98 Å². The number of rotatable bonds is 3. The Morgan fingerprint density at radius 2 is 1.62 bits per heavy atom. The maximum atomic E-state index is 4.73. The van der Waals surface area contributed by atoms with Gasteiger partial charge in [0.1, 0.15) is 5.01 Å². The van der Waals surface area contributed by atoms with Crippen LogP contribution in [-0.2, 0) is 0 Å². The molecule has 0 amide bonds. The minimum Gasteiger partial charge on any atom is -1.00 e.